The van der Waals surface area contributed by atoms with Crippen molar-refractivity contribution in [1.29, 1.82) is 0 Å². The molecule has 0 saturated carbocycles. The van der Waals surface area contributed by atoms with Crippen LogP contribution in [0.2, 0.25) is 0 Å². The van der Waals surface area contributed by atoms with Crippen LogP contribution in [0.4, 0.5) is 11.5 Å². The first kappa shape index (κ1) is 15.5. The van der Waals surface area contributed by atoms with E-state index in [1.165, 1.54) is 0 Å². The molecular formula is C16H21N5O2. The summed E-state index contributed by atoms with van der Waals surface area (Å²) in [5, 5.41) is 6.83. The van der Waals surface area contributed by atoms with Crippen LogP contribution in [0, 0.1) is 0 Å². The van der Waals surface area contributed by atoms with Gasteiger partial charge in [-0.1, -0.05) is 0 Å². The SMILES string of the molecule is C[C@@H]1CN(c2ccc(NC(=O)Cn3cccn3)cn2)C[C@H](C)O1. The van der Waals surface area contributed by atoms with Crippen LogP contribution in [0.25, 0.3) is 0 Å². The van der Waals surface area contributed by atoms with Crippen molar-refractivity contribution in [3.8, 4) is 0 Å². The first-order chi connectivity index (χ1) is 11.1. The highest BCUT2D eigenvalue weighted by molar-refractivity contribution is 5.90. The summed E-state index contributed by atoms with van der Waals surface area (Å²) >= 11 is 0. The number of nitrogens with zero attached hydrogens (tertiary/aromatic N) is 4. The standard InChI is InChI=1S/C16H21N5O2/c1-12-9-20(10-13(2)23-12)15-5-4-14(8-17-15)19-16(22)11-21-7-3-6-18-21/h3-8,12-13H,9-11H2,1-2H3,(H,19,22)/t12-,13+. The number of ether oxygens (including phenoxy) is 1. The molecule has 3 heterocycles. The Bertz CT molecular complexity index is 631. The van der Waals surface area contributed by atoms with E-state index in [0.29, 0.717) is 5.69 Å². The van der Waals surface area contributed by atoms with E-state index in [-0.39, 0.29) is 24.7 Å². The number of hydrogen-bond acceptors (Lipinski definition) is 5. The number of rotatable bonds is 4. The van der Waals surface area contributed by atoms with Gasteiger partial charge in [0, 0.05) is 25.5 Å². The monoisotopic (exact) mass is 315 g/mol. The Labute approximate surface area is 135 Å². The van der Waals surface area contributed by atoms with Crippen molar-refractivity contribution < 1.29 is 9.53 Å². The van der Waals surface area contributed by atoms with E-state index in [9.17, 15) is 4.79 Å². The Balaban J connectivity index is 1.59. The number of carbonyl (C=O) groups is 1. The Morgan fingerprint density at radius 2 is 2.13 bits per heavy atom. The summed E-state index contributed by atoms with van der Waals surface area (Å²) in [6.07, 6.45) is 5.46. The average molecular weight is 315 g/mol. The maximum atomic E-state index is 11.9. The zero-order valence-corrected chi connectivity index (χ0v) is 13.3. The second-order valence-corrected chi connectivity index (χ2v) is 5.82. The number of hydrogen-bond donors (Lipinski definition) is 1. The van der Waals surface area contributed by atoms with Crippen molar-refractivity contribution in [2.24, 2.45) is 0 Å². The van der Waals surface area contributed by atoms with E-state index >= 15 is 0 Å². The molecule has 7 heteroatoms. The van der Waals surface area contributed by atoms with Gasteiger partial charge in [0.05, 0.1) is 24.1 Å². The molecule has 7 nitrogen and oxygen atoms in total. The Morgan fingerprint density at radius 3 is 2.74 bits per heavy atom. The van der Waals surface area contributed by atoms with E-state index in [1.54, 1.807) is 29.3 Å². The second-order valence-electron chi connectivity index (χ2n) is 5.82. The molecule has 0 unspecified atom stereocenters. The average Bonchev–Trinajstić information content (AvgIpc) is 2.99. The van der Waals surface area contributed by atoms with E-state index < -0.39 is 0 Å². The molecule has 2 aromatic heterocycles. The van der Waals surface area contributed by atoms with Gasteiger partial charge in [-0.2, -0.15) is 5.10 Å². The molecule has 0 aliphatic carbocycles. The topological polar surface area (TPSA) is 72.3 Å². The van der Waals surface area contributed by atoms with Crippen LogP contribution in [-0.4, -0.2) is 46.0 Å². The molecule has 1 fully saturated rings. The van der Waals surface area contributed by atoms with Crippen LogP contribution < -0.4 is 10.2 Å². The molecule has 1 saturated heterocycles. The van der Waals surface area contributed by atoms with E-state index in [2.05, 4.69) is 34.1 Å². The fraction of sp³-hybridized carbons (Fsp3) is 0.438. The molecule has 122 valence electrons. The zero-order chi connectivity index (χ0) is 16.2. The van der Waals surface area contributed by atoms with Crippen LogP contribution >= 0.6 is 0 Å². The van der Waals surface area contributed by atoms with E-state index in [0.717, 1.165) is 18.9 Å². The van der Waals surface area contributed by atoms with Crippen LogP contribution in [0.5, 0.6) is 0 Å². The lowest BCUT2D eigenvalue weighted by atomic mass is 10.2. The van der Waals surface area contributed by atoms with Crippen molar-refractivity contribution in [3.63, 3.8) is 0 Å². The number of aromatic nitrogens is 3. The minimum absolute atomic E-state index is 0.128. The molecule has 1 aliphatic rings. The number of pyridine rings is 1. The summed E-state index contributed by atoms with van der Waals surface area (Å²) in [5.41, 5.74) is 0.681. The Hall–Kier alpha value is -2.41. The highest BCUT2D eigenvalue weighted by Gasteiger charge is 2.23. The molecule has 23 heavy (non-hydrogen) atoms. The lowest BCUT2D eigenvalue weighted by Crippen LogP contribution is -2.45. The predicted octanol–water partition coefficient (Wildman–Crippen LogP) is 1.53. The van der Waals surface area contributed by atoms with Crippen molar-refractivity contribution in [2.45, 2.75) is 32.6 Å². The first-order valence-electron chi connectivity index (χ1n) is 7.74. The third-order valence-electron chi connectivity index (χ3n) is 3.64. The van der Waals surface area contributed by atoms with Gasteiger partial charge in [-0.25, -0.2) is 4.98 Å². The van der Waals surface area contributed by atoms with Gasteiger partial charge in [0.15, 0.2) is 0 Å². The molecule has 1 aliphatic heterocycles. The van der Waals surface area contributed by atoms with Crippen molar-refractivity contribution in [3.05, 3.63) is 36.8 Å². The van der Waals surface area contributed by atoms with Crippen molar-refractivity contribution >= 4 is 17.4 Å². The van der Waals surface area contributed by atoms with Crippen LogP contribution in [0.3, 0.4) is 0 Å². The summed E-state index contributed by atoms with van der Waals surface area (Å²) in [7, 11) is 0. The third-order valence-corrected chi connectivity index (χ3v) is 3.64. The number of amides is 1. The van der Waals surface area contributed by atoms with Crippen LogP contribution in [-0.2, 0) is 16.1 Å². The smallest absolute Gasteiger partial charge is 0.246 e. The summed E-state index contributed by atoms with van der Waals surface area (Å²) in [6, 6.07) is 5.58. The summed E-state index contributed by atoms with van der Waals surface area (Å²) in [4.78, 5) is 18.6. The summed E-state index contributed by atoms with van der Waals surface area (Å²) < 4.78 is 7.31. The van der Waals surface area contributed by atoms with Gasteiger partial charge in [-0.05, 0) is 32.0 Å². The minimum Gasteiger partial charge on any atom is -0.372 e. The minimum atomic E-state index is -0.128. The molecule has 1 N–H and O–H groups in total. The number of morpholine rings is 1. The molecule has 2 atom stereocenters. The normalized spacial score (nSPS) is 21.2. The molecule has 3 rings (SSSR count). The number of nitrogens with one attached hydrogen (secondary N) is 1. The summed E-state index contributed by atoms with van der Waals surface area (Å²) in [5.74, 6) is 0.772. The lowest BCUT2D eigenvalue weighted by molar-refractivity contribution is -0.116. The predicted molar refractivity (Wildman–Crippen MR) is 87.3 cm³/mol. The molecule has 2 aromatic rings. The molecule has 0 aromatic carbocycles. The van der Waals surface area contributed by atoms with Gasteiger partial charge in [-0.15, -0.1) is 0 Å². The van der Waals surface area contributed by atoms with Gasteiger partial charge in [-0.3, -0.25) is 9.48 Å². The van der Waals surface area contributed by atoms with Gasteiger partial charge in [0.25, 0.3) is 0 Å². The highest BCUT2D eigenvalue weighted by atomic mass is 16.5. The largest absolute Gasteiger partial charge is 0.372 e. The van der Waals surface area contributed by atoms with Crippen LogP contribution in [0.15, 0.2) is 36.8 Å². The highest BCUT2D eigenvalue weighted by Crippen LogP contribution is 2.19. The number of carbonyl (C=O) groups excluding carboxylic acids is 1. The molecule has 0 radical (unpaired) electrons. The van der Waals surface area contributed by atoms with Crippen LogP contribution in [0.1, 0.15) is 13.8 Å². The molecule has 0 bridgehead atoms. The molecular weight excluding hydrogens is 294 g/mol. The quantitative estimate of drug-likeness (QED) is 0.926. The van der Waals surface area contributed by atoms with Gasteiger partial charge in [0.2, 0.25) is 5.91 Å². The van der Waals surface area contributed by atoms with Gasteiger partial charge in [0.1, 0.15) is 12.4 Å². The Morgan fingerprint density at radius 1 is 1.35 bits per heavy atom. The molecule has 1 amide bonds. The fourth-order valence-corrected chi connectivity index (χ4v) is 2.75. The van der Waals surface area contributed by atoms with Crippen molar-refractivity contribution in [1.82, 2.24) is 14.8 Å². The van der Waals surface area contributed by atoms with Crippen molar-refractivity contribution in [2.75, 3.05) is 23.3 Å². The van der Waals surface area contributed by atoms with Gasteiger partial charge >= 0.3 is 0 Å². The second kappa shape index (κ2) is 6.78. The molecule has 0 spiro atoms. The lowest BCUT2D eigenvalue weighted by Gasteiger charge is -2.36. The maximum Gasteiger partial charge on any atom is 0.246 e. The third kappa shape index (κ3) is 4.07. The summed E-state index contributed by atoms with van der Waals surface area (Å²) in [6.45, 7) is 5.96. The fourth-order valence-electron chi connectivity index (χ4n) is 2.75. The van der Waals surface area contributed by atoms with E-state index in [4.69, 9.17) is 4.74 Å². The zero-order valence-electron chi connectivity index (χ0n) is 13.3. The first-order valence-corrected chi connectivity index (χ1v) is 7.74. The van der Waals surface area contributed by atoms with Gasteiger partial charge < -0.3 is 15.0 Å². The Kier molecular flexibility index (Phi) is 4.57. The van der Waals surface area contributed by atoms with E-state index in [1.807, 2.05) is 12.1 Å². The number of anilines is 2. The maximum absolute atomic E-state index is 11.9.